The van der Waals surface area contributed by atoms with Crippen LogP contribution in [0.25, 0.3) is 0 Å². The van der Waals surface area contributed by atoms with Crippen molar-refractivity contribution in [2.45, 2.75) is 141 Å². The van der Waals surface area contributed by atoms with Gasteiger partial charge in [0.05, 0.1) is 92.5 Å². The molecule has 0 atom stereocenters. The molecule has 0 spiro atoms. The van der Waals surface area contributed by atoms with Crippen molar-refractivity contribution in [3.63, 3.8) is 0 Å². The average Bonchev–Trinajstić information content (AvgIpc) is 3.89. The Bertz CT molecular complexity index is 1370. The maximum absolute atomic E-state index is 11.9. The van der Waals surface area contributed by atoms with Crippen molar-refractivity contribution in [3.8, 4) is 0 Å². The highest BCUT2D eigenvalue weighted by atomic mass is 33.1. The molecule has 2 aliphatic heterocycles. The lowest BCUT2D eigenvalue weighted by Gasteiger charge is -2.13. The van der Waals surface area contributed by atoms with Crippen LogP contribution in [-0.4, -0.2) is 189 Å². The van der Waals surface area contributed by atoms with Crippen molar-refractivity contribution in [3.05, 3.63) is 24.3 Å². The molecule has 0 aliphatic carbocycles. The largest absolute Gasteiger partial charge is 0.379 e. The van der Waals surface area contributed by atoms with Crippen LogP contribution in [0.15, 0.2) is 24.3 Å². The number of nitrogens with zero attached hydrogens (tertiary/aromatic N) is 2. The van der Waals surface area contributed by atoms with E-state index in [0.717, 1.165) is 35.9 Å². The van der Waals surface area contributed by atoms with Gasteiger partial charge in [-0.05, 0) is 38.5 Å². The SMILES string of the molecule is O=C(CCCN1C(=O)C=CC1=O)NCCOCCOCCOCCOCCCCCCCCCCCSSCCCCCCCCCCCOCCOCCOCCOCCNC(=O)CCCN1C(=O)C=CC1=O. The predicted molar refractivity (Wildman–Crippen MR) is 291 cm³/mol. The molecule has 2 heterocycles. The summed E-state index contributed by atoms with van der Waals surface area (Å²) in [5.74, 6) is 0.975. The van der Waals surface area contributed by atoms with Crippen LogP contribution in [-0.2, 0) is 66.7 Å². The van der Waals surface area contributed by atoms with Gasteiger partial charge in [0.1, 0.15) is 0 Å². The van der Waals surface area contributed by atoms with Gasteiger partial charge in [-0.15, -0.1) is 0 Å². The quantitative estimate of drug-likeness (QED) is 0.0352. The van der Waals surface area contributed by atoms with Crippen LogP contribution >= 0.6 is 21.6 Å². The molecule has 0 aromatic carbocycles. The summed E-state index contributed by atoms with van der Waals surface area (Å²) in [6.07, 6.45) is 29.7. The maximum atomic E-state index is 11.9. The first kappa shape index (κ1) is 67.2. The number of rotatable bonds is 57. The van der Waals surface area contributed by atoms with Crippen molar-refractivity contribution in [1.29, 1.82) is 0 Å². The third kappa shape index (κ3) is 41.3. The van der Waals surface area contributed by atoms with Gasteiger partial charge in [-0.2, -0.15) is 0 Å². The molecule has 74 heavy (non-hydrogen) atoms. The zero-order valence-electron chi connectivity index (χ0n) is 44.8. The molecule has 426 valence electrons. The smallest absolute Gasteiger partial charge is 0.253 e. The van der Waals surface area contributed by atoms with Gasteiger partial charge in [-0.3, -0.25) is 38.6 Å². The van der Waals surface area contributed by atoms with Gasteiger partial charge in [0.2, 0.25) is 11.8 Å². The van der Waals surface area contributed by atoms with Gasteiger partial charge in [0, 0.05) is 88.0 Å². The summed E-state index contributed by atoms with van der Waals surface area (Å²) in [6.45, 7) is 9.76. The zero-order chi connectivity index (χ0) is 53.0. The third-order valence-corrected chi connectivity index (χ3v) is 14.4. The summed E-state index contributed by atoms with van der Waals surface area (Å²) in [5.41, 5.74) is 0. The monoisotopic (exact) mass is 1090 g/mol. The van der Waals surface area contributed by atoms with E-state index < -0.39 is 0 Å². The second-order valence-corrected chi connectivity index (χ2v) is 20.8. The van der Waals surface area contributed by atoms with E-state index in [1.54, 1.807) is 0 Å². The second-order valence-electron chi connectivity index (χ2n) is 18.1. The Morgan fingerprint density at radius 3 is 0.865 bits per heavy atom. The molecule has 18 nitrogen and oxygen atoms in total. The van der Waals surface area contributed by atoms with E-state index >= 15 is 0 Å². The molecular weight excluding hydrogens is 993 g/mol. The van der Waals surface area contributed by atoms with E-state index in [2.05, 4.69) is 32.2 Å². The molecule has 20 heteroatoms. The van der Waals surface area contributed by atoms with Crippen molar-refractivity contribution >= 4 is 57.0 Å². The summed E-state index contributed by atoms with van der Waals surface area (Å²) < 4.78 is 44.5. The normalized spacial score (nSPS) is 13.4. The predicted octanol–water partition coefficient (Wildman–Crippen LogP) is 7.17. The topological polar surface area (TPSA) is 207 Å². The van der Waals surface area contributed by atoms with E-state index in [0.29, 0.717) is 118 Å². The number of carbonyl (C=O) groups excluding carboxylic acids is 6. The first-order valence-corrected chi connectivity index (χ1v) is 30.3. The fourth-order valence-electron chi connectivity index (χ4n) is 7.65. The molecule has 2 rings (SSSR count). The van der Waals surface area contributed by atoms with E-state index in [9.17, 15) is 28.8 Å². The van der Waals surface area contributed by atoms with Crippen LogP contribution < -0.4 is 10.6 Å². The number of amides is 6. The van der Waals surface area contributed by atoms with Crippen LogP contribution in [0.3, 0.4) is 0 Å². The Hall–Kier alpha value is -2.92. The number of imide groups is 2. The molecular formula is C54H94N4O14S2. The van der Waals surface area contributed by atoms with E-state index in [1.807, 2.05) is 0 Å². The molecule has 0 bridgehead atoms. The molecule has 0 aromatic rings. The van der Waals surface area contributed by atoms with Crippen molar-refractivity contribution in [1.82, 2.24) is 20.4 Å². The molecule has 0 saturated carbocycles. The van der Waals surface area contributed by atoms with Gasteiger partial charge in [0.25, 0.3) is 23.6 Å². The van der Waals surface area contributed by atoms with Crippen LogP contribution in [0, 0.1) is 0 Å². The van der Waals surface area contributed by atoms with Crippen molar-refractivity contribution in [2.75, 3.05) is 143 Å². The van der Waals surface area contributed by atoms with E-state index in [4.69, 9.17) is 37.9 Å². The number of nitrogens with one attached hydrogen (secondary N) is 2. The van der Waals surface area contributed by atoms with Crippen molar-refractivity contribution in [2.24, 2.45) is 0 Å². The van der Waals surface area contributed by atoms with Gasteiger partial charge in [-0.25, -0.2) is 0 Å². The molecule has 6 amide bonds. The molecule has 0 saturated heterocycles. The maximum Gasteiger partial charge on any atom is 0.253 e. The Morgan fingerprint density at radius 1 is 0.324 bits per heavy atom. The molecule has 0 unspecified atom stereocenters. The minimum atomic E-state index is -0.329. The van der Waals surface area contributed by atoms with E-state index in [-0.39, 0.29) is 61.4 Å². The summed E-state index contributed by atoms with van der Waals surface area (Å²) in [6, 6.07) is 0. The highest BCUT2D eigenvalue weighted by molar-refractivity contribution is 8.76. The summed E-state index contributed by atoms with van der Waals surface area (Å²) in [5, 5.41) is 5.53. The molecule has 0 fully saturated rings. The Morgan fingerprint density at radius 2 is 0.568 bits per heavy atom. The molecule has 0 radical (unpaired) electrons. The van der Waals surface area contributed by atoms with Crippen molar-refractivity contribution < 1.29 is 66.7 Å². The highest BCUT2D eigenvalue weighted by Gasteiger charge is 2.23. The Labute approximate surface area is 451 Å². The Kier molecular flexibility index (Phi) is 46.2. The minimum Gasteiger partial charge on any atom is -0.379 e. The van der Waals surface area contributed by atoms with Gasteiger partial charge in [-0.1, -0.05) is 111 Å². The summed E-state index contributed by atoms with van der Waals surface area (Å²) in [4.78, 5) is 72.1. The number of ether oxygens (including phenoxy) is 8. The number of hydrogen-bond donors (Lipinski definition) is 2. The average molecular weight is 1090 g/mol. The highest BCUT2D eigenvalue weighted by Crippen LogP contribution is 2.25. The number of hydrogen-bond acceptors (Lipinski definition) is 16. The molecule has 2 N–H and O–H groups in total. The fourth-order valence-corrected chi connectivity index (χ4v) is 9.94. The lowest BCUT2D eigenvalue weighted by atomic mass is 10.1. The van der Waals surface area contributed by atoms with Crippen LogP contribution in [0.2, 0.25) is 0 Å². The lowest BCUT2D eigenvalue weighted by Crippen LogP contribution is -2.32. The Balaban J connectivity index is 1.11. The standard InChI is InChI=1S/C54H94N4O14S2/c59-49(21-19-29-57-51(61)23-24-52(57)62)55-27-33-67-37-41-71-45-43-69-39-35-65-31-15-11-7-3-1-5-9-13-17-47-73-74-48-18-14-10-6-2-4-8-12-16-32-66-36-40-70-44-46-72-42-38-68-34-28-56-50(60)22-20-30-58-53(63)25-26-54(58)64/h23-26H,1-22,27-48H2,(H,55,59)(H,56,60). The fraction of sp³-hybridized carbons (Fsp3) is 0.815. The first-order chi connectivity index (χ1) is 36.4. The van der Waals surface area contributed by atoms with Gasteiger partial charge >= 0.3 is 0 Å². The van der Waals surface area contributed by atoms with Gasteiger partial charge < -0.3 is 48.5 Å². The van der Waals surface area contributed by atoms with Crippen LogP contribution in [0.5, 0.6) is 0 Å². The molecule has 0 aromatic heterocycles. The minimum absolute atomic E-state index is 0.135. The summed E-state index contributed by atoms with van der Waals surface area (Å²) in [7, 11) is 4.13. The van der Waals surface area contributed by atoms with Crippen LogP contribution in [0.1, 0.15) is 141 Å². The molecule has 2 aliphatic rings. The van der Waals surface area contributed by atoms with E-state index in [1.165, 1.54) is 139 Å². The summed E-state index contributed by atoms with van der Waals surface area (Å²) >= 11 is 0. The van der Waals surface area contributed by atoms with Crippen LogP contribution in [0.4, 0.5) is 0 Å². The van der Waals surface area contributed by atoms with Gasteiger partial charge in [0.15, 0.2) is 0 Å². The third-order valence-electron chi connectivity index (χ3n) is 11.9. The second kappa shape index (κ2) is 50.9. The number of unbranched alkanes of at least 4 members (excludes halogenated alkanes) is 16. The number of carbonyl (C=O) groups is 6. The first-order valence-electron chi connectivity index (χ1n) is 27.9. The lowest BCUT2D eigenvalue weighted by molar-refractivity contribution is -0.138. The zero-order valence-corrected chi connectivity index (χ0v) is 46.5.